The fourth-order valence-electron chi connectivity index (χ4n) is 3.24. The first-order valence-electron chi connectivity index (χ1n) is 7.73. The highest BCUT2D eigenvalue weighted by atomic mass is 15.2. The van der Waals surface area contributed by atoms with Gasteiger partial charge in [-0.1, -0.05) is 13.8 Å². The fraction of sp³-hybridized carbons (Fsp3) is 0.938. The van der Waals surface area contributed by atoms with Gasteiger partial charge in [-0.3, -0.25) is 5.32 Å². The fourth-order valence-corrected chi connectivity index (χ4v) is 3.24. The Hall–Kier alpha value is -0.590. The smallest absolute Gasteiger partial charge is 0.116 e. The molecule has 0 aromatic rings. The first-order valence-corrected chi connectivity index (χ1v) is 7.73. The molecule has 2 fully saturated rings. The van der Waals surface area contributed by atoms with Crippen LogP contribution in [0.4, 0.5) is 0 Å². The lowest BCUT2D eigenvalue weighted by Gasteiger charge is -2.40. The van der Waals surface area contributed by atoms with Gasteiger partial charge in [0, 0.05) is 18.6 Å². The average molecular weight is 263 g/mol. The lowest BCUT2D eigenvalue weighted by atomic mass is 9.75. The van der Waals surface area contributed by atoms with Crippen LogP contribution in [0.5, 0.6) is 0 Å². The summed E-state index contributed by atoms with van der Waals surface area (Å²) in [6.07, 6.45) is 7.63. The summed E-state index contributed by atoms with van der Waals surface area (Å²) in [5.74, 6) is 0. The zero-order chi connectivity index (χ0) is 14.1. The van der Waals surface area contributed by atoms with Gasteiger partial charge < -0.3 is 4.90 Å². The van der Waals surface area contributed by atoms with Gasteiger partial charge in [0.15, 0.2) is 0 Å². The summed E-state index contributed by atoms with van der Waals surface area (Å²) in [7, 11) is 2.19. The Labute approximate surface area is 118 Å². The van der Waals surface area contributed by atoms with Crippen LogP contribution in [-0.2, 0) is 0 Å². The quantitative estimate of drug-likeness (QED) is 0.829. The normalized spacial score (nSPS) is 26.9. The van der Waals surface area contributed by atoms with Gasteiger partial charge in [-0.15, -0.1) is 0 Å². The predicted molar refractivity (Wildman–Crippen MR) is 78.8 cm³/mol. The van der Waals surface area contributed by atoms with Gasteiger partial charge >= 0.3 is 0 Å². The third-order valence-corrected chi connectivity index (χ3v) is 4.84. The molecule has 108 valence electrons. The van der Waals surface area contributed by atoms with Gasteiger partial charge in [0.25, 0.3) is 0 Å². The number of rotatable bonds is 5. The van der Waals surface area contributed by atoms with Crippen LogP contribution in [0.15, 0.2) is 0 Å². The van der Waals surface area contributed by atoms with Crippen molar-refractivity contribution in [3.63, 3.8) is 0 Å². The molecule has 1 N–H and O–H groups in total. The summed E-state index contributed by atoms with van der Waals surface area (Å²) < 4.78 is 0. The maximum absolute atomic E-state index is 9.45. The van der Waals surface area contributed by atoms with Crippen LogP contribution in [0.3, 0.4) is 0 Å². The van der Waals surface area contributed by atoms with Crippen LogP contribution in [0.2, 0.25) is 0 Å². The van der Waals surface area contributed by atoms with Crippen LogP contribution < -0.4 is 5.32 Å². The van der Waals surface area contributed by atoms with Crippen molar-refractivity contribution in [1.82, 2.24) is 10.2 Å². The Kier molecular flexibility index (Phi) is 4.23. The summed E-state index contributed by atoms with van der Waals surface area (Å²) >= 11 is 0. The molecule has 1 atom stereocenters. The number of hydrogen-bond donors (Lipinski definition) is 1. The van der Waals surface area contributed by atoms with Gasteiger partial charge in [0.2, 0.25) is 0 Å². The molecule has 0 saturated heterocycles. The van der Waals surface area contributed by atoms with Gasteiger partial charge in [0.05, 0.1) is 6.07 Å². The Morgan fingerprint density at radius 1 is 1.26 bits per heavy atom. The van der Waals surface area contributed by atoms with E-state index < -0.39 is 0 Å². The van der Waals surface area contributed by atoms with Gasteiger partial charge in [-0.25, -0.2) is 0 Å². The molecule has 0 aliphatic heterocycles. The third kappa shape index (κ3) is 4.19. The van der Waals surface area contributed by atoms with E-state index in [0.29, 0.717) is 17.5 Å². The zero-order valence-electron chi connectivity index (χ0n) is 13.0. The Bertz CT molecular complexity index is 343. The molecule has 0 radical (unpaired) electrons. The van der Waals surface area contributed by atoms with Crippen molar-refractivity contribution >= 4 is 0 Å². The second-order valence-corrected chi connectivity index (χ2v) is 7.67. The first-order chi connectivity index (χ1) is 8.84. The summed E-state index contributed by atoms with van der Waals surface area (Å²) in [5, 5.41) is 13.0. The molecule has 0 bridgehead atoms. The van der Waals surface area contributed by atoms with Crippen molar-refractivity contribution < 1.29 is 0 Å². The van der Waals surface area contributed by atoms with E-state index in [0.717, 1.165) is 6.54 Å². The van der Waals surface area contributed by atoms with Crippen LogP contribution in [0.1, 0.15) is 59.3 Å². The van der Waals surface area contributed by atoms with Crippen LogP contribution in [0, 0.1) is 16.7 Å². The summed E-state index contributed by atoms with van der Waals surface area (Å²) in [5.41, 5.74) is 0.130. The molecule has 3 heteroatoms. The van der Waals surface area contributed by atoms with Crippen molar-refractivity contribution in [2.24, 2.45) is 5.41 Å². The van der Waals surface area contributed by atoms with Crippen molar-refractivity contribution in [3.05, 3.63) is 0 Å². The molecular weight excluding hydrogens is 234 g/mol. The number of nitriles is 1. The van der Waals surface area contributed by atoms with Gasteiger partial charge in [0.1, 0.15) is 5.54 Å². The molecule has 0 amide bonds. The van der Waals surface area contributed by atoms with E-state index in [4.69, 9.17) is 0 Å². The molecule has 0 aromatic carbocycles. The SMILES string of the molecule is CN(CC(C)(C#N)NC1CC1)C1CCC(C)(C)CC1. The van der Waals surface area contributed by atoms with Crippen molar-refractivity contribution in [2.75, 3.05) is 13.6 Å². The molecule has 2 aliphatic carbocycles. The minimum atomic E-state index is -0.386. The summed E-state index contributed by atoms with van der Waals surface area (Å²) in [6, 6.07) is 3.72. The van der Waals surface area contributed by atoms with E-state index in [-0.39, 0.29) is 5.54 Å². The number of nitrogens with one attached hydrogen (secondary N) is 1. The second-order valence-electron chi connectivity index (χ2n) is 7.67. The van der Waals surface area contributed by atoms with E-state index in [1.54, 1.807) is 0 Å². The zero-order valence-corrected chi connectivity index (χ0v) is 13.0. The van der Waals surface area contributed by atoms with Crippen LogP contribution in [0.25, 0.3) is 0 Å². The summed E-state index contributed by atoms with van der Waals surface area (Å²) in [4.78, 5) is 2.41. The molecule has 3 nitrogen and oxygen atoms in total. The predicted octanol–water partition coefficient (Wildman–Crippen LogP) is 2.92. The molecule has 0 aromatic heterocycles. The van der Waals surface area contributed by atoms with Gasteiger partial charge in [-0.2, -0.15) is 5.26 Å². The minimum absolute atomic E-state index is 0.386. The number of hydrogen-bond acceptors (Lipinski definition) is 3. The van der Waals surface area contributed by atoms with E-state index >= 15 is 0 Å². The highest BCUT2D eigenvalue weighted by Gasteiger charge is 2.36. The molecule has 19 heavy (non-hydrogen) atoms. The van der Waals surface area contributed by atoms with E-state index in [9.17, 15) is 5.26 Å². The topological polar surface area (TPSA) is 39.1 Å². The van der Waals surface area contributed by atoms with Crippen molar-refractivity contribution in [3.8, 4) is 6.07 Å². The molecular formula is C16H29N3. The standard InChI is InChI=1S/C16H29N3/c1-15(2)9-7-14(8-10-15)19(4)12-16(3,11-17)18-13-5-6-13/h13-14,18H,5-10,12H2,1-4H3. The number of nitrogens with zero attached hydrogens (tertiary/aromatic N) is 2. The molecule has 2 saturated carbocycles. The number of likely N-dealkylation sites (N-methyl/N-ethyl adjacent to an activating group) is 1. The second kappa shape index (κ2) is 5.42. The van der Waals surface area contributed by atoms with Crippen LogP contribution >= 0.6 is 0 Å². The lowest BCUT2D eigenvalue weighted by Crippen LogP contribution is -2.53. The summed E-state index contributed by atoms with van der Waals surface area (Å²) in [6.45, 7) is 7.63. The highest BCUT2D eigenvalue weighted by Crippen LogP contribution is 2.36. The Morgan fingerprint density at radius 2 is 1.84 bits per heavy atom. The van der Waals surface area contributed by atoms with E-state index in [1.807, 2.05) is 0 Å². The van der Waals surface area contributed by atoms with Gasteiger partial charge in [-0.05, 0) is 57.9 Å². The average Bonchev–Trinajstić information content (AvgIpc) is 3.12. The monoisotopic (exact) mass is 263 g/mol. The maximum atomic E-state index is 9.45. The Morgan fingerprint density at radius 3 is 2.32 bits per heavy atom. The third-order valence-electron chi connectivity index (χ3n) is 4.84. The first kappa shape index (κ1) is 14.8. The van der Waals surface area contributed by atoms with Crippen molar-refractivity contribution in [1.29, 1.82) is 5.26 Å². The molecule has 1 unspecified atom stereocenters. The van der Waals surface area contributed by atoms with Crippen molar-refractivity contribution in [2.45, 2.75) is 76.9 Å². The molecule has 0 spiro atoms. The minimum Gasteiger partial charge on any atom is -0.301 e. The van der Waals surface area contributed by atoms with E-state index in [1.165, 1.54) is 38.5 Å². The molecule has 2 aliphatic rings. The maximum Gasteiger partial charge on any atom is 0.116 e. The highest BCUT2D eigenvalue weighted by molar-refractivity contribution is 5.09. The van der Waals surface area contributed by atoms with Crippen LogP contribution in [-0.4, -0.2) is 36.1 Å². The molecule has 2 rings (SSSR count). The Balaban J connectivity index is 1.85. The largest absolute Gasteiger partial charge is 0.301 e. The lowest BCUT2D eigenvalue weighted by molar-refractivity contribution is 0.112. The van der Waals surface area contributed by atoms with E-state index in [2.05, 4.69) is 44.1 Å². The molecule has 0 heterocycles.